The Balaban J connectivity index is 1.99. The highest BCUT2D eigenvalue weighted by molar-refractivity contribution is 5.15. The van der Waals surface area contributed by atoms with Gasteiger partial charge < -0.3 is 10.2 Å². The first-order chi connectivity index (χ1) is 10.1. The van der Waals surface area contributed by atoms with Crippen molar-refractivity contribution in [2.45, 2.75) is 44.7 Å². The fourth-order valence-electron chi connectivity index (χ4n) is 3.63. The standard InChI is InChI=1S/C19H30N2/c1-5-12-19(14-17(3)21(4)15-16(19)2)20-13-11-18-9-7-6-8-10-18/h5-10,16-17,20H,1,11-15H2,2-4H3/t16-,17-,19+/m0/s1. The lowest BCUT2D eigenvalue weighted by Crippen LogP contribution is -2.60. The summed E-state index contributed by atoms with van der Waals surface area (Å²) < 4.78 is 0. The van der Waals surface area contributed by atoms with Crippen molar-refractivity contribution in [1.29, 1.82) is 0 Å². The van der Waals surface area contributed by atoms with Crippen molar-refractivity contribution >= 4 is 0 Å². The number of nitrogens with one attached hydrogen (secondary N) is 1. The maximum atomic E-state index is 3.99. The highest BCUT2D eigenvalue weighted by Crippen LogP contribution is 2.34. The molecule has 0 aromatic heterocycles. The van der Waals surface area contributed by atoms with Crippen LogP contribution in [0.4, 0.5) is 0 Å². The van der Waals surface area contributed by atoms with Crippen LogP contribution in [0.2, 0.25) is 0 Å². The second-order valence-corrected chi connectivity index (χ2v) is 6.71. The monoisotopic (exact) mass is 286 g/mol. The van der Waals surface area contributed by atoms with E-state index in [-0.39, 0.29) is 5.54 Å². The molecule has 116 valence electrons. The van der Waals surface area contributed by atoms with Gasteiger partial charge in [0.05, 0.1) is 0 Å². The topological polar surface area (TPSA) is 15.3 Å². The minimum absolute atomic E-state index is 0.211. The second-order valence-electron chi connectivity index (χ2n) is 6.71. The van der Waals surface area contributed by atoms with Gasteiger partial charge >= 0.3 is 0 Å². The van der Waals surface area contributed by atoms with Gasteiger partial charge in [-0.05, 0) is 51.3 Å². The highest BCUT2D eigenvalue weighted by atomic mass is 15.2. The van der Waals surface area contributed by atoms with Crippen LogP contribution in [0.3, 0.4) is 0 Å². The Morgan fingerprint density at radius 2 is 2.05 bits per heavy atom. The lowest BCUT2D eigenvalue weighted by Gasteiger charge is -2.49. The minimum atomic E-state index is 0.211. The van der Waals surface area contributed by atoms with Gasteiger partial charge in [0.15, 0.2) is 0 Å². The molecule has 0 saturated carbocycles. The quantitative estimate of drug-likeness (QED) is 0.805. The van der Waals surface area contributed by atoms with E-state index < -0.39 is 0 Å². The molecular weight excluding hydrogens is 256 g/mol. The van der Waals surface area contributed by atoms with E-state index in [9.17, 15) is 0 Å². The lowest BCUT2D eigenvalue weighted by molar-refractivity contribution is 0.0564. The Morgan fingerprint density at radius 3 is 2.71 bits per heavy atom. The number of nitrogens with zero attached hydrogens (tertiary/aromatic N) is 1. The van der Waals surface area contributed by atoms with E-state index >= 15 is 0 Å². The molecule has 1 saturated heterocycles. The summed E-state index contributed by atoms with van der Waals surface area (Å²) in [5.41, 5.74) is 1.62. The van der Waals surface area contributed by atoms with E-state index in [4.69, 9.17) is 0 Å². The maximum absolute atomic E-state index is 3.99. The van der Waals surface area contributed by atoms with Crippen molar-refractivity contribution in [3.63, 3.8) is 0 Å². The van der Waals surface area contributed by atoms with Gasteiger partial charge in [0.25, 0.3) is 0 Å². The molecule has 2 heteroatoms. The zero-order valence-corrected chi connectivity index (χ0v) is 13.8. The van der Waals surface area contributed by atoms with Crippen LogP contribution in [0, 0.1) is 5.92 Å². The lowest BCUT2D eigenvalue weighted by atomic mass is 9.74. The maximum Gasteiger partial charge on any atom is 0.0268 e. The fraction of sp³-hybridized carbons (Fsp3) is 0.579. The van der Waals surface area contributed by atoms with Crippen LogP contribution in [0.5, 0.6) is 0 Å². The Labute approximate surface area is 130 Å². The summed E-state index contributed by atoms with van der Waals surface area (Å²) in [5.74, 6) is 0.646. The molecule has 2 rings (SSSR count). The van der Waals surface area contributed by atoms with Gasteiger partial charge in [-0.15, -0.1) is 6.58 Å². The minimum Gasteiger partial charge on any atom is -0.310 e. The third-order valence-electron chi connectivity index (χ3n) is 5.16. The van der Waals surface area contributed by atoms with Gasteiger partial charge in [0.1, 0.15) is 0 Å². The normalized spacial score (nSPS) is 30.2. The van der Waals surface area contributed by atoms with E-state index in [1.165, 1.54) is 12.0 Å². The largest absolute Gasteiger partial charge is 0.310 e. The van der Waals surface area contributed by atoms with Crippen molar-refractivity contribution in [3.05, 3.63) is 48.6 Å². The highest BCUT2D eigenvalue weighted by Gasteiger charge is 2.41. The van der Waals surface area contributed by atoms with E-state index in [0.29, 0.717) is 12.0 Å². The SMILES string of the molecule is C=CC[C@@]1(NCCc2ccccc2)C[C@H](C)N(C)C[C@@H]1C. The summed E-state index contributed by atoms with van der Waals surface area (Å²) in [4.78, 5) is 2.48. The molecule has 0 aliphatic carbocycles. The van der Waals surface area contributed by atoms with Crippen molar-refractivity contribution in [2.75, 3.05) is 20.1 Å². The second kappa shape index (κ2) is 7.24. The van der Waals surface area contributed by atoms with Crippen LogP contribution in [0.25, 0.3) is 0 Å². The van der Waals surface area contributed by atoms with Crippen LogP contribution in [0.1, 0.15) is 32.3 Å². The molecule has 2 nitrogen and oxygen atoms in total. The zero-order chi connectivity index (χ0) is 15.3. The third-order valence-corrected chi connectivity index (χ3v) is 5.16. The Kier molecular flexibility index (Phi) is 5.60. The molecule has 1 aliphatic heterocycles. The average molecular weight is 286 g/mol. The Morgan fingerprint density at radius 1 is 1.33 bits per heavy atom. The zero-order valence-electron chi connectivity index (χ0n) is 13.8. The van der Waals surface area contributed by atoms with Crippen LogP contribution < -0.4 is 5.32 Å². The number of piperidine rings is 1. The van der Waals surface area contributed by atoms with Crippen molar-refractivity contribution < 1.29 is 0 Å². The molecule has 1 aliphatic rings. The molecule has 0 spiro atoms. The molecule has 0 bridgehead atoms. The number of hydrogen-bond acceptors (Lipinski definition) is 2. The van der Waals surface area contributed by atoms with Crippen molar-refractivity contribution in [1.82, 2.24) is 10.2 Å². The molecule has 1 aromatic rings. The molecule has 1 aromatic carbocycles. The molecule has 0 unspecified atom stereocenters. The molecule has 1 fully saturated rings. The van der Waals surface area contributed by atoms with E-state index in [1.54, 1.807) is 0 Å². The van der Waals surface area contributed by atoms with E-state index in [2.05, 4.69) is 74.1 Å². The molecule has 21 heavy (non-hydrogen) atoms. The van der Waals surface area contributed by atoms with Gasteiger partial charge in [-0.3, -0.25) is 0 Å². The van der Waals surface area contributed by atoms with Gasteiger partial charge in [0, 0.05) is 18.1 Å². The summed E-state index contributed by atoms with van der Waals surface area (Å²) in [6, 6.07) is 11.4. The summed E-state index contributed by atoms with van der Waals surface area (Å²) in [7, 11) is 2.24. The molecule has 0 radical (unpaired) electrons. The van der Waals surface area contributed by atoms with Crippen molar-refractivity contribution in [2.24, 2.45) is 5.92 Å². The molecule has 1 heterocycles. The van der Waals surface area contributed by atoms with Crippen LogP contribution in [-0.4, -0.2) is 36.6 Å². The predicted molar refractivity (Wildman–Crippen MR) is 91.6 cm³/mol. The van der Waals surface area contributed by atoms with E-state index in [1.807, 2.05) is 0 Å². The van der Waals surface area contributed by atoms with Crippen LogP contribution >= 0.6 is 0 Å². The van der Waals surface area contributed by atoms with Crippen LogP contribution in [-0.2, 0) is 6.42 Å². The first kappa shape index (κ1) is 16.3. The molecular formula is C19H30N2. The summed E-state index contributed by atoms with van der Waals surface area (Å²) >= 11 is 0. The molecule has 3 atom stereocenters. The first-order valence-corrected chi connectivity index (χ1v) is 8.17. The predicted octanol–water partition coefficient (Wildman–Crippen LogP) is 3.49. The number of likely N-dealkylation sites (tertiary alicyclic amines) is 1. The molecule has 0 amide bonds. The van der Waals surface area contributed by atoms with E-state index in [0.717, 1.165) is 25.9 Å². The smallest absolute Gasteiger partial charge is 0.0268 e. The van der Waals surface area contributed by atoms with Gasteiger partial charge in [-0.2, -0.15) is 0 Å². The summed E-state index contributed by atoms with van der Waals surface area (Å²) in [5, 5.41) is 3.89. The van der Waals surface area contributed by atoms with Gasteiger partial charge in [0.2, 0.25) is 0 Å². The van der Waals surface area contributed by atoms with Crippen molar-refractivity contribution in [3.8, 4) is 0 Å². The molecule has 1 N–H and O–H groups in total. The summed E-state index contributed by atoms with van der Waals surface area (Å²) in [6.45, 7) is 10.9. The number of rotatable bonds is 6. The van der Waals surface area contributed by atoms with Crippen LogP contribution in [0.15, 0.2) is 43.0 Å². The number of hydrogen-bond donors (Lipinski definition) is 1. The van der Waals surface area contributed by atoms with Gasteiger partial charge in [-0.1, -0.05) is 43.3 Å². The first-order valence-electron chi connectivity index (χ1n) is 8.17. The third kappa shape index (κ3) is 3.96. The Bertz CT molecular complexity index is 442. The number of benzene rings is 1. The van der Waals surface area contributed by atoms with Gasteiger partial charge in [-0.25, -0.2) is 0 Å². The summed E-state index contributed by atoms with van der Waals surface area (Å²) in [6.07, 6.45) is 5.44. The Hall–Kier alpha value is -1.12. The average Bonchev–Trinajstić information content (AvgIpc) is 2.47. The fourth-order valence-corrected chi connectivity index (χ4v) is 3.63.